The zero-order valence-electron chi connectivity index (χ0n) is 8.35. The number of ether oxygens (including phenoxy) is 1. The Bertz CT molecular complexity index is 409. The highest BCUT2D eigenvalue weighted by atomic mass is 79.9. The molecule has 1 aliphatic rings. The predicted octanol–water partition coefficient (Wildman–Crippen LogP) is 2.11. The van der Waals surface area contributed by atoms with Gasteiger partial charge in [0.2, 0.25) is 0 Å². The van der Waals surface area contributed by atoms with Gasteiger partial charge in [0.05, 0.1) is 13.2 Å². The first-order chi connectivity index (χ1) is 7.31. The van der Waals surface area contributed by atoms with Crippen molar-refractivity contribution in [3.05, 3.63) is 27.7 Å². The van der Waals surface area contributed by atoms with Crippen LogP contribution in [0.5, 0.6) is 5.75 Å². The number of benzene rings is 1. The van der Waals surface area contributed by atoms with Gasteiger partial charge < -0.3 is 10.1 Å². The number of hydrogen-bond acceptors (Lipinski definition) is 2. The van der Waals surface area contributed by atoms with Crippen LogP contribution < -0.4 is 10.1 Å². The van der Waals surface area contributed by atoms with Crippen molar-refractivity contribution in [1.82, 2.24) is 5.32 Å². The van der Waals surface area contributed by atoms with Gasteiger partial charge in [-0.2, -0.15) is 0 Å². The minimum absolute atomic E-state index is 0.585. The number of rotatable bonds is 3. The predicted molar refractivity (Wildman–Crippen MR) is 63.9 cm³/mol. The molecule has 0 saturated carbocycles. The topological polar surface area (TPSA) is 21.3 Å². The lowest BCUT2D eigenvalue weighted by Crippen LogP contribution is -2.13. The second-order valence-corrected chi connectivity index (χ2v) is 4.37. The summed E-state index contributed by atoms with van der Waals surface area (Å²) in [6.07, 6.45) is 6.18. The Morgan fingerprint density at radius 1 is 1.53 bits per heavy atom. The number of hydrogen-bond donors (Lipinski definition) is 1. The van der Waals surface area contributed by atoms with E-state index in [1.54, 1.807) is 0 Å². The maximum absolute atomic E-state index is 5.60. The minimum atomic E-state index is 0.585. The number of terminal acetylenes is 1. The van der Waals surface area contributed by atoms with Gasteiger partial charge in [-0.05, 0) is 17.7 Å². The van der Waals surface area contributed by atoms with Crippen LogP contribution in [0.2, 0.25) is 0 Å². The fourth-order valence-electron chi connectivity index (χ4n) is 1.75. The molecule has 0 spiro atoms. The highest BCUT2D eigenvalue weighted by Crippen LogP contribution is 2.32. The summed E-state index contributed by atoms with van der Waals surface area (Å²) >= 11 is 3.50. The van der Waals surface area contributed by atoms with Gasteiger partial charge in [0.15, 0.2) is 0 Å². The molecular formula is C12H12BrNO. The SMILES string of the molecule is C#CCNCc1cc(Br)cc2c1OCC2. The Morgan fingerprint density at radius 3 is 3.20 bits per heavy atom. The van der Waals surface area contributed by atoms with Crippen molar-refractivity contribution >= 4 is 15.9 Å². The lowest BCUT2D eigenvalue weighted by molar-refractivity contribution is 0.352. The van der Waals surface area contributed by atoms with Crippen LogP contribution in [0.15, 0.2) is 16.6 Å². The first-order valence-electron chi connectivity index (χ1n) is 4.89. The van der Waals surface area contributed by atoms with Crippen molar-refractivity contribution in [2.75, 3.05) is 13.2 Å². The largest absolute Gasteiger partial charge is 0.493 e. The van der Waals surface area contributed by atoms with Crippen LogP contribution in [0, 0.1) is 12.3 Å². The van der Waals surface area contributed by atoms with Gasteiger partial charge in [-0.25, -0.2) is 0 Å². The summed E-state index contributed by atoms with van der Waals surface area (Å²) in [5, 5.41) is 3.17. The van der Waals surface area contributed by atoms with E-state index >= 15 is 0 Å². The molecule has 2 nitrogen and oxygen atoms in total. The molecule has 0 saturated heterocycles. The summed E-state index contributed by atoms with van der Waals surface area (Å²) in [6, 6.07) is 4.20. The second-order valence-electron chi connectivity index (χ2n) is 3.46. The van der Waals surface area contributed by atoms with Crippen molar-refractivity contribution in [1.29, 1.82) is 0 Å². The van der Waals surface area contributed by atoms with E-state index in [1.807, 2.05) is 0 Å². The van der Waals surface area contributed by atoms with Crippen LogP contribution in [-0.4, -0.2) is 13.2 Å². The van der Waals surface area contributed by atoms with Gasteiger partial charge >= 0.3 is 0 Å². The van der Waals surface area contributed by atoms with Gasteiger partial charge in [0, 0.05) is 23.0 Å². The second kappa shape index (κ2) is 4.69. The third-order valence-electron chi connectivity index (χ3n) is 2.37. The number of fused-ring (bicyclic) bond motifs is 1. The summed E-state index contributed by atoms with van der Waals surface area (Å²) in [7, 11) is 0. The van der Waals surface area contributed by atoms with Gasteiger partial charge in [0.25, 0.3) is 0 Å². The number of nitrogens with one attached hydrogen (secondary N) is 1. The molecule has 3 heteroatoms. The molecular weight excluding hydrogens is 254 g/mol. The van der Waals surface area contributed by atoms with Crippen LogP contribution >= 0.6 is 15.9 Å². The Kier molecular flexibility index (Phi) is 3.30. The maximum Gasteiger partial charge on any atom is 0.127 e. The molecule has 0 unspecified atom stereocenters. The van der Waals surface area contributed by atoms with Crippen LogP contribution in [0.1, 0.15) is 11.1 Å². The monoisotopic (exact) mass is 265 g/mol. The lowest BCUT2D eigenvalue weighted by atomic mass is 10.1. The first-order valence-corrected chi connectivity index (χ1v) is 5.69. The zero-order valence-corrected chi connectivity index (χ0v) is 9.93. The molecule has 1 aromatic rings. The quantitative estimate of drug-likeness (QED) is 0.668. The molecule has 2 rings (SSSR count). The van der Waals surface area contributed by atoms with Crippen LogP contribution in [0.3, 0.4) is 0 Å². The summed E-state index contributed by atoms with van der Waals surface area (Å²) in [4.78, 5) is 0. The Balaban J connectivity index is 2.19. The molecule has 0 bridgehead atoms. The molecule has 1 heterocycles. The Labute approximate surface area is 98.1 Å². The molecule has 0 aliphatic carbocycles. The van der Waals surface area contributed by atoms with Crippen molar-refractivity contribution < 1.29 is 4.74 Å². The first kappa shape index (κ1) is 10.5. The lowest BCUT2D eigenvalue weighted by Gasteiger charge is -2.08. The van der Waals surface area contributed by atoms with Crippen LogP contribution in [-0.2, 0) is 13.0 Å². The van der Waals surface area contributed by atoms with E-state index < -0.39 is 0 Å². The minimum Gasteiger partial charge on any atom is -0.493 e. The van der Waals surface area contributed by atoms with E-state index in [1.165, 1.54) is 11.1 Å². The summed E-state index contributed by atoms with van der Waals surface area (Å²) in [5.41, 5.74) is 2.45. The third kappa shape index (κ3) is 2.34. The van der Waals surface area contributed by atoms with Crippen LogP contribution in [0.25, 0.3) is 0 Å². The molecule has 0 fully saturated rings. The zero-order chi connectivity index (χ0) is 10.7. The fraction of sp³-hybridized carbons (Fsp3) is 0.333. The highest BCUT2D eigenvalue weighted by molar-refractivity contribution is 9.10. The standard InChI is InChI=1S/C12H12BrNO/c1-2-4-14-8-10-7-11(13)6-9-3-5-15-12(9)10/h1,6-7,14H,3-5,8H2. The van der Waals surface area contributed by atoms with Gasteiger partial charge in [-0.15, -0.1) is 6.42 Å². The fourth-order valence-corrected chi connectivity index (χ4v) is 2.30. The smallest absolute Gasteiger partial charge is 0.127 e. The van der Waals surface area contributed by atoms with Gasteiger partial charge in [-0.3, -0.25) is 0 Å². The van der Waals surface area contributed by atoms with Crippen molar-refractivity contribution in [2.24, 2.45) is 0 Å². The van der Waals surface area contributed by atoms with E-state index in [2.05, 4.69) is 39.3 Å². The van der Waals surface area contributed by atoms with E-state index in [9.17, 15) is 0 Å². The van der Waals surface area contributed by atoms with E-state index in [0.29, 0.717) is 6.54 Å². The Morgan fingerprint density at radius 2 is 2.40 bits per heavy atom. The molecule has 0 aromatic heterocycles. The van der Waals surface area contributed by atoms with E-state index in [-0.39, 0.29) is 0 Å². The molecule has 0 amide bonds. The summed E-state index contributed by atoms with van der Waals surface area (Å²) < 4.78 is 6.70. The molecule has 1 aromatic carbocycles. The average molecular weight is 266 g/mol. The molecule has 1 aliphatic heterocycles. The average Bonchev–Trinajstić information content (AvgIpc) is 2.65. The van der Waals surface area contributed by atoms with Crippen molar-refractivity contribution in [3.63, 3.8) is 0 Å². The summed E-state index contributed by atoms with van der Waals surface area (Å²) in [6.45, 7) is 2.13. The van der Waals surface area contributed by atoms with E-state index in [0.717, 1.165) is 29.8 Å². The van der Waals surface area contributed by atoms with Crippen molar-refractivity contribution in [3.8, 4) is 18.1 Å². The van der Waals surface area contributed by atoms with Crippen molar-refractivity contribution in [2.45, 2.75) is 13.0 Å². The summed E-state index contributed by atoms with van der Waals surface area (Å²) in [5.74, 6) is 3.59. The third-order valence-corrected chi connectivity index (χ3v) is 2.83. The van der Waals surface area contributed by atoms with E-state index in [4.69, 9.17) is 11.2 Å². The normalized spacial score (nSPS) is 13.1. The maximum atomic E-state index is 5.60. The number of halogens is 1. The highest BCUT2D eigenvalue weighted by Gasteiger charge is 2.16. The Hall–Kier alpha value is -0.980. The molecule has 15 heavy (non-hydrogen) atoms. The molecule has 78 valence electrons. The molecule has 0 radical (unpaired) electrons. The van der Waals surface area contributed by atoms with Gasteiger partial charge in [-0.1, -0.05) is 21.9 Å². The van der Waals surface area contributed by atoms with Crippen LogP contribution in [0.4, 0.5) is 0 Å². The van der Waals surface area contributed by atoms with Gasteiger partial charge in [0.1, 0.15) is 5.75 Å². The molecule has 0 atom stereocenters. The molecule has 1 N–H and O–H groups in total.